The van der Waals surface area contributed by atoms with Gasteiger partial charge >= 0.3 is 5.69 Å². The number of methoxy groups -OCH3 is 1. The molecule has 0 aliphatic heterocycles. The fourth-order valence-corrected chi connectivity index (χ4v) is 1.98. The normalized spacial score (nSPS) is 10.8. The fraction of sp³-hybridized carbons (Fsp3) is 0.182. The molecule has 1 aromatic heterocycles. The molecule has 0 aliphatic rings. The second-order valence-electron chi connectivity index (χ2n) is 3.67. The lowest BCUT2D eigenvalue weighted by Gasteiger charge is -2.07. The number of rotatable bonds is 4. The molecule has 0 spiro atoms. The summed E-state index contributed by atoms with van der Waals surface area (Å²) in [5.41, 5.74) is -1.66. The molecule has 106 valence electrons. The Morgan fingerprint density at radius 2 is 2.10 bits per heavy atom. The summed E-state index contributed by atoms with van der Waals surface area (Å²) >= 11 is 5.80. The van der Waals surface area contributed by atoms with E-state index in [2.05, 4.69) is 5.10 Å². The van der Waals surface area contributed by atoms with Crippen molar-refractivity contribution in [2.24, 2.45) is 0 Å². The van der Waals surface area contributed by atoms with E-state index in [0.29, 0.717) is 5.75 Å². The van der Waals surface area contributed by atoms with Crippen molar-refractivity contribution in [1.82, 2.24) is 9.78 Å². The van der Waals surface area contributed by atoms with E-state index in [0.717, 1.165) is 4.68 Å². The third kappa shape index (κ3) is 2.29. The van der Waals surface area contributed by atoms with Gasteiger partial charge in [-0.3, -0.25) is 10.1 Å². The molecule has 0 saturated carbocycles. The van der Waals surface area contributed by atoms with Crippen LogP contribution < -0.4 is 4.74 Å². The van der Waals surface area contributed by atoms with Crippen LogP contribution in [0.1, 0.15) is 12.1 Å². The van der Waals surface area contributed by atoms with Crippen molar-refractivity contribution in [3.05, 3.63) is 45.2 Å². The van der Waals surface area contributed by atoms with Gasteiger partial charge in [-0.05, 0) is 12.1 Å². The van der Waals surface area contributed by atoms with Gasteiger partial charge in [-0.25, -0.2) is 13.5 Å². The number of nitro groups is 1. The standard InChI is InChI=1S/C11H8ClF2N3O3/c1-20-7-5-3-2-4-6(7)16-10(12)9(17(18)19)8(15-16)11(13)14/h2-5,11H,1H3. The summed E-state index contributed by atoms with van der Waals surface area (Å²) in [6.45, 7) is 0. The van der Waals surface area contributed by atoms with Crippen LogP contribution in [-0.2, 0) is 0 Å². The second kappa shape index (κ2) is 5.41. The number of halogens is 3. The van der Waals surface area contributed by atoms with Gasteiger partial charge in [-0.15, -0.1) is 0 Å². The van der Waals surface area contributed by atoms with Crippen LogP contribution >= 0.6 is 11.6 Å². The number of hydrogen-bond acceptors (Lipinski definition) is 4. The lowest BCUT2D eigenvalue weighted by Crippen LogP contribution is -2.00. The highest BCUT2D eigenvalue weighted by atomic mass is 35.5. The molecule has 9 heteroatoms. The van der Waals surface area contributed by atoms with Gasteiger partial charge in [0.2, 0.25) is 10.8 Å². The largest absolute Gasteiger partial charge is 0.494 e. The second-order valence-corrected chi connectivity index (χ2v) is 4.02. The zero-order valence-corrected chi connectivity index (χ0v) is 10.8. The highest BCUT2D eigenvalue weighted by Gasteiger charge is 2.33. The smallest absolute Gasteiger partial charge is 0.335 e. The molecule has 0 unspecified atom stereocenters. The molecular weight excluding hydrogens is 296 g/mol. The van der Waals surface area contributed by atoms with E-state index >= 15 is 0 Å². The Labute approximate surface area is 116 Å². The molecule has 0 saturated heterocycles. The Kier molecular flexibility index (Phi) is 3.84. The summed E-state index contributed by atoms with van der Waals surface area (Å²) in [5, 5.41) is 13.9. The van der Waals surface area contributed by atoms with Gasteiger partial charge in [0.15, 0.2) is 0 Å². The van der Waals surface area contributed by atoms with Crippen LogP contribution in [0.15, 0.2) is 24.3 Å². The first-order chi connectivity index (χ1) is 9.47. The van der Waals surface area contributed by atoms with Crippen LogP contribution in [0.3, 0.4) is 0 Å². The van der Waals surface area contributed by atoms with E-state index in [1.54, 1.807) is 18.2 Å². The molecule has 0 fully saturated rings. The number of aromatic nitrogens is 2. The molecule has 0 radical (unpaired) electrons. The summed E-state index contributed by atoms with van der Waals surface area (Å²) in [6.07, 6.45) is -3.11. The average Bonchev–Trinajstić information content (AvgIpc) is 2.76. The molecule has 1 aromatic carbocycles. The Bertz CT molecular complexity index is 660. The van der Waals surface area contributed by atoms with E-state index in [9.17, 15) is 18.9 Å². The average molecular weight is 304 g/mol. The predicted octanol–water partition coefficient (Wildman–Crippen LogP) is 3.38. The number of para-hydroxylation sites is 2. The maximum absolute atomic E-state index is 12.8. The summed E-state index contributed by atoms with van der Waals surface area (Å²) in [4.78, 5) is 9.87. The maximum Gasteiger partial charge on any atom is 0.335 e. The first kappa shape index (κ1) is 14.2. The van der Waals surface area contributed by atoms with Crippen molar-refractivity contribution in [2.45, 2.75) is 6.43 Å². The Morgan fingerprint density at radius 1 is 1.45 bits per heavy atom. The van der Waals surface area contributed by atoms with Crippen LogP contribution in [0.2, 0.25) is 5.15 Å². The van der Waals surface area contributed by atoms with E-state index in [-0.39, 0.29) is 5.69 Å². The first-order valence-electron chi connectivity index (χ1n) is 5.31. The molecule has 6 nitrogen and oxygen atoms in total. The fourth-order valence-electron chi connectivity index (χ4n) is 1.69. The summed E-state index contributed by atoms with van der Waals surface area (Å²) in [7, 11) is 1.37. The minimum absolute atomic E-state index is 0.231. The molecule has 0 aliphatic carbocycles. The molecule has 2 aromatic rings. The van der Waals surface area contributed by atoms with Gasteiger partial charge in [0.05, 0.1) is 12.0 Å². The number of ether oxygens (including phenoxy) is 1. The van der Waals surface area contributed by atoms with Crippen LogP contribution in [0, 0.1) is 10.1 Å². The molecule has 0 atom stereocenters. The minimum Gasteiger partial charge on any atom is -0.494 e. The highest BCUT2D eigenvalue weighted by Crippen LogP contribution is 2.37. The van der Waals surface area contributed by atoms with Crippen LogP contribution in [0.5, 0.6) is 5.75 Å². The zero-order valence-electron chi connectivity index (χ0n) is 10.1. The van der Waals surface area contributed by atoms with Crippen molar-refractivity contribution in [3.8, 4) is 11.4 Å². The number of benzene rings is 1. The van der Waals surface area contributed by atoms with Gasteiger partial charge in [0.1, 0.15) is 11.4 Å². The van der Waals surface area contributed by atoms with Gasteiger partial charge in [0.25, 0.3) is 6.43 Å². The number of hydrogen-bond donors (Lipinski definition) is 0. The van der Waals surface area contributed by atoms with E-state index in [4.69, 9.17) is 16.3 Å². The van der Waals surface area contributed by atoms with Gasteiger partial charge in [0, 0.05) is 0 Å². The van der Waals surface area contributed by atoms with Crippen LogP contribution in [0.25, 0.3) is 5.69 Å². The van der Waals surface area contributed by atoms with Crippen molar-refractivity contribution in [1.29, 1.82) is 0 Å². The van der Waals surface area contributed by atoms with Gasteiger partial charge in [-0.2, -0.15) is 5.10 Å². The highest BCUT2D eigenvalue weighted by molar-refractivity contribution is 6.32. The van der Waals surface area contributed by atoms with Crippen molar-refractivity contribution in [2.75, 3.05) is 7.11 Å². The van der Waals surface area contributed by atoms with Crippen molar-refractivity contribution < 1.29 is 18.4 Å². The molecule has 1 heterocycles. The Balaban J connectivity index is 2.70. The molecule has 0 bridgehead atoms. The van der Waals surface area contributed by atoms with Crippen molar-refractivity contribution >= 4 is 17.3 Å². The third-order valence-corrected chi connectivity index (χ3v) is 2.87. The SMILES string of the molecule is COc1ccccc1-n1nc(C(F)F)c([N+](=O)[O-])c1Cl. The molecule has 0 amide bonds. The topological polar surface area (TPSA) is 70.2 Å². The Hall–Kier alpha value is -2.22. The summed E-state index contributed by atoms with van der Waals surface area (Å²) in [6, 6.07) is 6.31. The Morgan fingerprint density at radius 3 is 2.60 bits per heavy atom. The summed E-state index contributed by atoms with van der Waals surface area (Å²) < 4.78 is 31.5. The van der Waals surface area contributed by atoms with E-state index in [1.807, 2.05) is 0 Å². The first-order valence-corrected chi connectivity index (χ1v) is 5.69. The summed E-state index contributed by atoms with van der Waals surface area (Å²) in [5.74, 6) is 0.299. The molecule has 0 N–H and O–H groups in total. The van der Waals surface area contributed by atoms with E-state index in [1.165, 1.54) is 13.2 Å². The maximum atomic E-state index is 12.8. The predicted molar refractivity (Wildman–Crippen MR) is 66.7 cm³/mol. The molecule has 20 heavy (non-hydrogen) atoms. The lowest BCUT2D eigenvalue weighted by atomic mass is 10.3. The van der Waals surface area contributed by atoms with Gasteiger partial charge in [-0.1, -0.05) is 23.7 Å². The van der Waals surface area contributed by atoms with E-state index < -0.39 is 27.9 Å². The van der Waals surface area contributed by atoms with Crippen molar-refractivity contribution in [3.63, 3.8) is 0 Å². The lowest BCUT2D eigenvalue weighted by molar-refractivity contribution is -0.386. The minimum atomic E-state index is -3.11. The third-order valence-electron chi connectivity index (χ3n) is 2.53. The van der Waals surface area contributed by atoms with Gasteiger partial charge < -0.3 is 4.74 Å². The molecule has 2 rings (SSSR count). The van der Waals surface area contributed by atoms with Crippen LogP contribution in [-0.4, -0.2) is 21.8 Å². The zero-order chi connectivity index (χ0) is 14.9. The number of alkyl halides is 2. The quantitative estimate of drug-likeness (QED) is 0.641. The monoisotopic (exact) mass is 303 g/mol. The van der Waals surface area contributed by atoms with Crippen LogP contribution in [0.4, 0.5) is 14.5 Å². The number of nitrogens with zero attached hydrogens (tertiary/aromatic N) is 3. The molecular formula is C11H8ClF2N3O3.